The number of benzene rings is 1. The molecule has 0 saturated heterocycles. The summed E-state index contributed by atoms with van der Waals surface area (Å²) in [4.78, 5) is 0. The van der Waals surface area contributed by atoms with Crippen molar-refractivity contribution in [1.82, 2.24) is 0 Å². The molecule has 0 N–H and O–H groups in total. The molecule has 0 saturated carbocycles. The number of thiophene rings is 1. The topological polar surface area (TPSA) is 0 Å². The number of rotatable bonds is 2. The quantitative estimate of drug-likeness (QED) is 0.444. The maximum atomic E-state index is 2.35. The highest BCUT2D eigenvalue weighted by molar-refractivity contribution is 14.2. The van der Waals surface area contributed by atoms with Gasteiger partial charge in [0.2, 0.25) is 0 Å². The Kier molecular flexibility index (Phi) is 4.14. The fraction of sp³-hybridized carbons (Fsp3) is 0.333. The van der Waals surface area contributed by atoms with E-state index in [9.17, 15) is 0 Å². The third-order valence-electron chi connectivity index (χ3n) is 2.42. The molecule has 16 heavy (non-hydrogen) atoms. The predicted molar refractivity (Wildman–Crippen MR) is 88.0 cm³/mol. The van der Waals surface area contributed by atoms with E-state index in [4.69, 9.17) is 0 Å². The summed E-state index contributed by atoms with van der Waals surface area (Å²) in [5, 5.41) is 1.42. The molecule has 0 atom stereocenters. The number of fused-ring (bicyclic) bond motifs is 1. The monoisotopic (exact) mass is 380 g/mol. The lowest BCUT2D eigenvalue weighted by Gasteiger charge is -2.19. The van der Waals surface area contributed by atoms with E-state index in [2.05, 4.69) is 66.2 Å². The molecule has 0 aliphatic carbocycles. The molecule has 0 aliphatic heterocycles. The first-order valence-electron chi connectivity index (χ1n) is 5.01. The van der Waals surface area contributed by atoms with Gasteiger partial charge in [0.25, 0.3) is 0 Å². The molecule has 0 bridgehead atoms. The van der Waals surface area contributed by atoms with Crippen LogP contribution in [-0.4, -0.2) is 0 Å². The summed E-state index contributed by atoms with van der Waals surface area (Å²) in [5.74, 6) is 0. The number of hydrogen-bond acceptors (Lipinski definition) is 3. The van der Waals surface area contributed by atoms with Crippen LogP contribution in [0.1, 0.15) is 26.3 Å². The van der Waals surface area contributed by atoms with Crippen LogP contribution >= 0.6 is 51.3 Å². The molecule has 0 radical (unpaired) electrons. The third kappa shape index (κ3) is 2.54. The van der Waals surface area contributed by atoms with Crippen LogP contribution in [0.3, 0.4) is 0 Å². The molecule has 1 heterocycles. The van der Waals surface area contributed by atoms with Crippen LogP contribution in [0.4, 0.5) is 0 Å². The van der Waals surface area contributed by atoms with Gasteiger partial charge in [-0.2, -0.15) is 0 Å². The first-order valence-corrected chi connectivity index (χ1v) is 10.5. The average Bonchev–Trinajstić information content (AvgIpc) is 2.55. The Balaban J connectivity index is 2.69. The van der Waals surface area contributed by atoms with E-state index >= 15 is 0 Å². The van der Waals surface area contributed by atoms with Gasteiger partial charge in [-0.3, -0.25) is 0 Å². The average molecular weight is 380 g/mol. The van der Waals surface area contributed by atoms with Crippen molar-refractivity contribution < 1.29 is 0 Å². The smallest absolute Gasteiger partial charge is 0.0763 e. The normalized spacial score (nSPS) is 12.2. The van der Waals surface area contributed by atoms with Gasteiger partial charge in [-0.15, -0.1) is 11.3 Å². The van der Waals surface area contributed by atoms with Crippen molar-refractivity contribution in [3.8, 4) is 0 Å². The molecule has 1 aromatic carbocycles. The fourth-order valence-corrected chi connectivity index (χ4v) is 7.68. The van der Waals surface area contributed by atoms with Crippen molar-refractivity contribution in [1.29, 1.82) is 0 Å². The molecule has 4 heteroatoms. The summed E-state index contributed by atoms with van der Waals surface area (Å²) >= 11 is 4.26. The minimum atomic E-state index is 0.217. The fourth-order valence-electron chi connectivity index (χ4n) is 1.82. The van der Waals surface area contributed by atoms with Crippen molar-refractivity contribution in [3.05, 3.63) is 29.8 Å². The molecule has 2 aromatic rings. The van der Waals surface area contributed by atoms with E-state index in [-0.39, 0.29) is 5.41 Å². The van der Waals surface area contributed by atoms with Crippen LogP contribution in [0.15, 0.2) is 28.5 Å². The molecule has 0 nitrogen and oxygen atoms in total. The van der Waals surface area contributed by atoms with E-state index in [1.165, 1.54) is 19.9 Å². The van der Waals surface area contributed by atoms with Gasteiger partial charge < -0.3 is 0 Å². The summed E-state index contributed by atoms with van der Waals surface area (Å²) in [6.45, 7) is 6.89. The molecular formula is C12H13IS3. The SMILES string of the molecule is CC(C)(C)c1c(SSI)sc2ccccc12. The van der Waals surface area contributed by atoms with Gasteiger partial charge >= 0.3 is 0 Å². The van der Waals surface area contributed by atoms with Crippen LogP contribution in [0.25, 0.3) is 10.1 Å². The molecular weight excluding hydrogens is 367 g/mol. The van der Waals surface area contributed by atoms with Gasteiger partial charge in [-0.1, -0.05) is 39.0 Å². The minimum Gasteiger partial charge on any atom is -0.128 e. The number of hydrogen-bond donors (Lipinski definition) is 0. The zero-order valence-electron chi connectivity index (χ0n) is 9.41. The van der Waals surface area contributed by atoms with Crippen LogP contribution < -0.4 is 0 Å². The second-order valence-corrected chi connectivity index (χ2v) is 10.8. The van der Waals surface area contributed by atoms with Crippen molar-refractivity contribution in [2.75, 3.05) is 0 Å². The van der Waals surface area contributed by atoms with Gasteiger partial charge in [0.1, 0.15) is 0 Å². The van der Waals surface area contributed by atoms with Crippen LogP contribution in [0.5, 0.6) is 0 Å². The zero-order chi connectivity index (χ0) is 11.8. The standard InChI is InChI=1S/C12H13IS3/c1-12(2,3)10-8-6-4-5-7-9(8)14-11(10)15-16-13/h4-7H,1-3H3. The van der Waals surface area contributed by atoms with Crippen molar-refractivity contribution in [2.45, 2.75) is 30.4 Å². The van der Waals surface area contributed by atoms with Gasteiger partial charge in [0, 0.05) is 25.9 Å². The Morgan fingerprint density at radius 1 is 1.19 bits per heavy atom. The highest BCUT2D eigenvalue weighted by Gasteiger charge is 2.23. The first-order chi connectivity index (χ1) is 7.54. The zero-order valence-corrected chi connectivity index (χ0v) is 14.0. The highest BCUT2D eigenvalue weighted by Crippen LogP contribution is 2.49. The maximum absolute atomic E-state index is 2.35. The lowest BCUT2D eigenvalue weighted by atomic mass is 9.87. The Labute approximate surface area is 121 Å². The van der Waals surface area contributed by atoms with Gasteiger partial charge in [-0.05, 0) is 41.2 Å². The Hall–Kier alpha value is 0.610. The molecule has 0 spiro atoms. The molecule has 1 aromatic heterocycles. The lowest BCUT2D eigenvalue weighted by molar-refractivity contribution is 0.588. The maximum Gasteiger partial charge on any atom is 0.0763 e. The summed E-state index contributed by atoms with van der Waals surface area (Å²) in [5.41, 5.74) is 1.72. The second-order valence-electron chi connectivity index (χ2n) is 4.66. The van der Waals surface area contributed by atoms with Crippen molar-refractivity contribution >= 4 is 61.4 Å². The van der Waals surface area contributed by atoms with E-state index in [1.54, 1.807) is 7.97 Å². The van der Waals surface area contributed by atoms with Gasteiger partial charge in [0.05, 0.1) is 4.21 Å². The Morgan fingerprint density at radius 2 is 1.88 bits per heavy atom. The van der Waals surface area contributed by atoms with Crippen molar-refractivity contribution in [3.63, 3.8) is 0 Å². The van der Waals surface area contributed by atoms with Gasteiger partial charge in [0.15, 0.2) is 0 Å². The number of halogens is 1. The summed E-state index contributed by atoms with van der Waals surface area (Å²) in [6.07, 6.45) is 0. The first kappa shape index (κ1) is 13.1. The third-order valence-corrected chi connectivity index (χ3v) is 6.93. The second kappa shape index (κ2) is 5.08. The predicted octanol–water partition coefficient (Wildman–Crippen LogP) is 6.29. The van der Waals surface area contributed by atoms with Gasteiger partial charge in [-0.25, -0.2) is 0 Å². The molecule has 0 aliphatic rings. The molecule has 2 rings (SSSR count). The van der Waals surface area contributed by atoms with Crippen LogP contribution in [-0.2, 0) is 5.41 Å². The highest BCUT2D eigenvalue weighted by atomic mass is 127. The minimum absolute atomic E-state index is 0.217. The lowest BCUT2D eigenvalue weighted by Crippen LogP contribution is -2.11. The summed E-state index contributed by atoms with van der Waals surface area (Å²) in [6, 6.07) is 8.72. The van der Waals surface area contributed by atoms with E-state index < -0.39 is 0 Å². The molecule has 0 fully saturated rings. The Bertz CT molecular complexity index is 496. The summed E-state index contributed by atoms with van der Waals surface area (Å²) < 4.78 is 2.86. The Morgan fingerprint density at radius 3 is 2.50 bits per heavy atom. The largest absolute Gasteiger partial charge is 0.128 e. The molecule has 0 amide bonds. The summed E-state index contributed by atoms with van der Waals surface area (Å²) in [7, 11) is 3.67. The van der Waals surface area contributed by atoms with E-state index in [0.717, 1.165) is 0 Å². The van der Waals surface area contributed by atoms with E-state index in [1.807, 2.05) is 22.1 Å². The van der Waals surface area contributed by atoms with Crippen LogP contribution in [0.2, 0.25) is 0 Å². The van der Waals surface area contributed by atoms with Crippen molar-refractivity contribution in [2.24, 2.45) is 0 Å². The van der Waals surface area contributed by atoms with E-state index in [0.29, 0.717) is 0 Å². The van der Waals surface area contributed by atoms with Crippen LogP contribution in [0, 0.1) is 0 Å². The molecule has 86 valence electrons. The molecule has 0 unspecified atom stereocenters.